The molecule has 2 aromatic rings. The summed E-state index contributed by atoms with van der Waals surface area (Å²) in [5, 5.41) is 18.7. The number of hydrogen-bond acceptors (Lipinski definition) is 3. The van der Waals surface area contributed by atoms with E-state index in [-0.39, 0.29) is 23.4 Å². The zero-order chi connectivity index (χ0) is 19.1. The Morgan fingerprint density at radius 1 is 1.19 bits per heavy atom. The van der Waals surface area contributed by atoms with Crippen LogP contribution in [0.25, 0.3) is 0 Å². The van der Waals surface area contributed by atoms with E-state index >= 15 is 0 Å². The summed E-state index contributed by atoms with van der Waals surface area (Å²) in [5.41, 5.74) is 3.29. The number of carbonyl (C=O) groups excluding carboxylic acids is 1. The van der Waals surface area contributed by atoms with Gasteiger partial charge in [-0.15, -0.1) is 0 Å². The molecule has 0 radical (unpaired) electrons. The Balaban J connectivity index is 1.92. The second-order valence-corrected chi connectivity index (χ2v) is 7.52. The van der Waals surface area contributed by atoms with Crippen LogP contribution < -0.4 is 0 Å². The van der Waals surface area contributed by atoms with Gasteiger partial charge in [0.2, 0.25) is 0 Å². The van der Waals surface area contributed by atoms with E-state index in [1.165, 1.54) is 17.0 Å². The molecule has 5 nitrogen and oxygen atoms in total. The van der Waals surface area contributed by atoms with Gasteiger partial charge in [0, 0.05) is 17.7 Å². The van der Waals surface area contributed by atoms with Crippen LogP contribution in [0.15, 0.2) is 42.5 Å². The van der Waals surface area contributed by atoms with Gasteiger partial charge in [0.1, 0.15) is 6.04 Å². The number of rotatable bonds is 3. The van der Waals surface area contributed by atoms with Gasteiger partial charge in [-0.1, -0.05) is 45.0 Å². The predicted molar refractivity (Wildman–Crippen MR) is 96.8 cm³/mol. The van der Waals surface area contributed by atoms with Crippen molar-refractivity contribution in [2.24, 2.45) is 0 Å². The highest BCUT2D eigenvalue weighted by Crippen LogP contribution is 2.37. The molecular formula is C21H20N2O3. The zero-order valence-corrected chi connectivity index (χ0v) is 15.0. The van der Waals surface area contributed by atoms with Gasteiger partial charge in [0.15, 0.2) is 0 Å². The molecule has 2 aromatic carbocycles. The fraction of sp³-hybridized carbons (Fsp3) is 0.286. The number of aromatic carboxylic acids is 1. The van der Waals surface area contributed by atoms with Gasteiger partial charge in [0.05, 0.1) is 11.6 Å². The Kier molecular flexibility index (Phi) is 4.29. The van der Waals surface area contributed by atoms with Crippen LogP contribution in [-0.2, 0) is 12.0 Å². The molecule has 1 atom stereocenters. The molecule has 1 N–H and O–H groups in total. The lowest BCUT2D eigenvalue weighted by Gasteiger charge is -2.21. The lowest BCUT2D eigenvalue weighted by atomic mass is 9.85. The summed E-state index contributed by atoms with van der Waals surface area (Å²) >= 11 is 0. The van der Waals surface area contributed by atoms with Gasteiger partial charge in [-0.25, -0.2) is 4.79 Å². The molecule has 0 aromatic heterocycles. The Hall–Kier alpha value is -3.13. The minimum absolute atomic E-state index is 0.0713. The van der Waals surface area contributed by atoms with Crippen LogP contribution >= 0.6 is 0 Å². The highest BCUT2D eigenvalue weighted by molar-refractivity contribution is 5.99. The fourth-order valence-corrected chi connectivity index (χ4v) is 3.14. The van der Waals surface area contributed by atoms with E-state index in [4.69, 9.17) is 5.11 Å². The van der Waals surface area contributed by atoms with Gasteiger partial charge in [-0.3, -0.25) is 4.79 Å². The van der Waals surface area contributed by atoms with Crippen molar-refractivity contribution in [1.82, 2.24) is 4.90 Å². The average Bonchev–Trinajstić information content (AvgIpc) is 2.86. The molecule has 0 saturated heterocycles. The lowest BCUT2D eigenvalue weighted by molar-refractivity contribution is 0.0694. The molecule has 0 spiro atoms. The summed E-state index contributed by atoms with van der Waals surface area (Å²) in [6.07, 6.45) is 0. The summed E-state index contributed by atoms with van der Waals surface area (Å²) in [6, 6.07) is 13.7. The molecule has 5 heteroatoms. The number of carboxylic acids is 1. The third-order valence-corrected chi connectivity index (χ3v) is 4.69. The first-order valence-corrected chi connectivity index (χ1v) is 8.39. The number of fused-ring (bicyclic) bond motifs is 1. The molecular weight excluding hydrogens is 328 g/mol. The van der Waals surface area contributed by atoms with E-state index in [1.54, 1.807) is 18.2 Å². The molecule has 3 rings (SSSR count). The SMILES string of the molecule is CC(C)(C)c1ccc2c(c1)C(C#N)N(Cc1ccc(C(=O)O)cc1)C2=O. The normalized spacial score (nSPS) is 16.3. The summed E-state index contributed by atoms with van der Waals surface area (Å²) in [7, 11) is 0. The van der Waals surface area contributed by atoms with Crippen molar-refractivity contribution in [3.63, 3.8) is 0 Å². The minimum atomic E-state index is -0.995. The molecule has 0 fully saturated rings. The third-order valence-electron chi connectivity index (χ3n) is 4.69. The number of nitrogens with zero attached hydrogens (tertiary/aromatic N) is 2. The van der Waals surface area contributed by atoms with Crippen LogP contribution in [0.4, 0.5) is 0 Å². The van der Waals surface area contributed by atoms with Crippen molar-refractivity contribution in [1.29, 1.82) is 5.26 Å². The number of amides is 1. The van der Waals surface area contributed by atoms with E-state index < -0.39 is 12.0 Å². The molecule has 0 aliphatic carbocycles. The molecule has 26 heavy (non-hydrogen) atoms. The quantitative estimate of drug-likeness (QED) is 0.912. The summed E-state index contributed by atoms with van der Waals surface area (Å²) in [5.74, 6) is -1.17. The molecule has 1 amide bonds. The highest BCUT2D eigenvalue weighted by atomic mass is 16.4. The smallest absolute Gasteiger partial charge is 0.335 e. The maximum absolute atomic E-state index is 12.8. The number of carbonyl (C=O) groups is 2. The first kappa shape index (κ1) is 17.7. The van der Waals surface area contributed by atoms with Crippen LogP contribution in [-0.4, -0.2) is 21.9 Å². The first-order valence-electron chi connectivity index (χ1n) is 8.39. The first-order chi connectivity index (χ1) is 12.2. The standard InChI is InChI=1S/C21H20N2O3/c1-21(2,3)15-8-9-16-17(10-15)18(11-22)23(19(16)24)12-13-4-6-14(7-5-13)20(25)26/h4-10,18H,12H2,1-3H3,(H,25,26). The second kappa shape index (κ2) is 6.30. The number of benzene rings is 2. The Morgan fingerprint density at radius 2 is 1.85 bits per heavy atom. The Bertz CT molecular complexity index is 918. The number of carboxylic acid groups (broad SMARTS) is 1. The van der Waals surface area contributed by atoms with Gasteiger partial charge < -0.3 is 10.0 Å². The van der Waals surface area contributed by atoms with Crippen LogP contribution in [0.5, 0.6) is 0 Å². The van der Waals surface area contributed by atoms with Gasteiger partial charge in [-0.2, -0.15) is 5.26 Å². The summed E-state index contributed by atoms with van der Waals surface area (Å²) in [4.78, 5) is 25.3. The molecule has 132 valence electrons. The highest BCUT2D eigenvalue weighted by Gasteiger charge is 2.37. The van der Waals surface area contributed by atoms with Crippen molar-refractivity contribution in [3.05, 3.63) is 70.3 Å². The van der Waals surface area contributed by atoms with E-state index in [9.17, 15) is 14.9 Å². The van der Waals surface area contributed by atoms with E-state index in [2.05, 4.69) is 26.8 Å². The summed E-state index contributed by atoms with van der Waals surface area (Å²) < 4.78 is 0. The van der Waals surface area contributed by atoms with Crippen LogP contribution in [0.3, 0.4) is 0 Å². The summed E-state index contributed by atoms with van der Waals surface area (Å²) in [6.45, 7) is 6.54. The number of nitriles is 1. The minimum Gasteiger partial charge on any atom is -0.478 e. The third kappa shape index (κ3) is 3.06. The monoisotopic (exact) mass is 348 g/mol. The van der Waals surface area contributed by atoms with Crippen molar-refractivity contribution >= 4 is 11.9 Å². The largest absolute Gasteiger partial charge is 0.478 e. The van der Waals surface area contributed by atoms with Gasteiger partial charge in [0.25, 0.3) is 5.91 Å². The molecule has 0 bridgehead atoms. The van der Waals surface area contributed by atoms with Gasteiger partial charge in [-0.05, 0) is 34.7 Å². The van der Waals surface area contributed by atoms with Crippen molar-refractivity contribution < 1.29 is 14.7 Å². The zero-order valence-electron chi connectivity index (χ0n) is 15.0. The lowest BCUT2D eigenvalue weighted by Crippen LogP contribution is -2.26. The topological polar surface area (TPSA) is 81.4 Å². The molecule has 1 unspecified atom stereocenters. The van der Waals surface area contributed by atoms with E-state index in [1.807, 2.05) is 12.1 Å². The van der Waals surface area contributed by atoms with Crippen molar-refractivity contribution in [3.8, 4) is 6.07 Å². The Labute approximate surface area is 152 Å². The predicted octanol–water partition coefficient (Wildman–Crippen LogP) is 3.90. The van der Waals surface area contributed by atoms with Crippen molar-refractivity contribution in [2.75, 3.05) is 0 Å². The van der Waals surface area contributed by atoms with Gasteiger partial charge >= 0.3 is 5.97 Å². The van der Waals surface area contributed by atoms with Crippen molar-refractivity contribution in [2.45, 2.75) is 38.8 Å². The molecule has 1 aliphatic rings. The fourth-order valence-electron chi connectivity index (χ4n) is 3.14. The van der Waals surface area contributed by atoms with Crippen LogP contribution in [0.1, 0.15) is 64.2 Å². The molecule has 1 aliphatic heterocycles. The average molecular weight is 348 g/mol. The van der Waals surface area contributed by atoms with E-state index in [0.29, 0.717) is 5.56 Å². The van der Waals surface area contributed by atoms with E-state index in [0.717, 1.165) is 16.7 Å². The maximum atomic E-state index is 12.8. The molecule has 0 saturated carbocycles. The van der Waals surface area contributed by atoms with Crippen LogP contribution in [0, 0.1) is 11.3 Å². The maximum Gasteiger partial charge on any atom is 0.335 e. The Morgan fingerprint density at radius 3 is 2.38 bits per heavy atom. The number of hydrogen-bond donors (Lipinski definition) is 1. The second-order valence-electron chi connectivity index (χ2n) is 7.52. The van der Waals surface area contributed by atoms with Crippen LogP contribution in [0.2, 0.25) is 0 Å². The molecule has 1 heterocycles.